The Bertz CT molecular complexity index is 1510. The van der Waals surface area contributed by atoms with E-state index in [0.717, 1.165) is 61.9 Å². The van der Waals surface area contributed by atoms with Crippen LogP contribution < -0.4 is 10.2 Å². The van der Waals surface area contributed by atoms with Crippen LogP contribution in [0, 0.1) is 0 Å². The Morgan fingerprint density at radius 2 is 1.71 bits per heavy atom. The van der Waals surface area contributed by atoms with Crippen LogP contribution in [0.5, 0.6) is 0 Å². The summed E-state index contributed by atoms with van der Waals surface area (Å²) in [6.45, 7) is 5.86. The molecule has 1 unspecified atom stereocenters. The second kappa shape index (κ2) is 10.4. The van der Waals surface area contributed by atoms with Crippen molar-refractivity contribution in [1.82, 2.24) is 19.5 Å². The SMILES string of the molecule is CS(=O)(=O)c1ccc(-c2ccc3cnc(Nc4ccc(N5CCCC(N6CCOCC6)C5)cc4)nn23)cc1. The summed E-state index contributed by atoms with van der Waals surface area (Å²) in [5.41, 5.74) is 4.74. The lowest BCUT2D eigenvalue weighted by Crippen LogP contribution is -2.51. The molecular formula is C28H32N6O3S. The van der Waals surface area contributed by atoms with E-state index in [0.29, 0.717) is 16.9 Å². The average molecular weight is 533 g/mol. The second-order valence-electron chi connectivity index (χ2n) is 10.00. The molecule has 0 aliphatic carbocycles. The number of nitrogens with zero attached hydrogens (tertiary/aromatic N) is 5. The van der Waals surface area contributed by atoms with Gasteiger partial charge in [0.25, 0.3) is 0 Å². The van der Waals surface area contributed by atoms with Gasteiger partial charge in [-0.25, -0.2) is 17.9 Å². The van der Waals surface area contributed by atoms with E-state index in [-0.39, 0.29) is 0 Å². The monoisotopic (exact) mass is 532 g/mol. The fourth-order valence-corrected chi connectivity index (χ4v) is 6.00. The number of nitrogens with one attached hydrogen (secondary N) is 1. The number of hydrogen-bond donors (Lipinski definition) is 1. The van der Waals surface area contributed by atoms with E-state index >= 15 is 0 Å². The van der Waals surface area contributed by atoms with Gasteiger partial charge in [0, 0.05) is 55.4 Å². The molecule has 2 aromatic heterocycles. The Kier molecular flexibility index (Phi) is 6.77. The number of benzene rings is 2. The zero-order chi connectivity index (χ0) is 26.1. The largest absolute Gasteiger partial charge is 0.379 e. The highest BCUT2D eigenvalue weighted by molar-refractivity contribution is 7.90. The average Bonchev–Trinajstić information content (AvgIpc) is 3.37. The van der Waals surface area contributed by atoms with Crippen molar-refractivity contribution in [1.29, 1.82) is 0 Å². The molecule has 4 heterocycles. The number of hydrogen-bond acceptors (Lipinski definition) is 8. The quantitative estimate of drug-likeness (QED) is 0.401. The smallest absolute Gasteiger partial charge is 0.245 e. The second-order valence-corrected chi connectivity index (χ2v) is 12.0. The fourth-order valence-electron chi connectivity index (χ4n) is 5.37. The third kappa shape index (κ3) is 5.24. The zero-order valence-electron chi connectivity index (χ0n) is 21.5. The van der Waals surface area contributed by atoms with E-state index in [2.05, 4.69) is 44.4 Å². The van der Waals surface area contributed by atoms with Crippen molar-refractivity contribution < 1.29 is 13.2 Å². The van der Waals surface area contributed by atoms with Crippen LogP contribution >= 0.6 is 0 Å². The van der Waals surface area contributed by atoms with Crippen LogP contribution in [-0.4, -0.2) is 79.6 Å². The molecule has 9 nitrogen and oxygen atoms in total. The van der Waals surface area contributed by atoms with Gasteiger partial charge in [-0.3, -0.25) is 4.90 Å². The van der Waals surface area contributed by atoms with Gasteiger partial charge in [-0.05, 0) is 61.4 Å². The number of rotatable bonds is 6. The molecule has 0 saturated carbocycles. The first-order valence-electron chi connectivity index (χ1n) is 13.0. The van der Waals surface area contributed by atoms with Crippen molar-refractivity contribution in [3.05, 3.63) is 66.9 Å². The van der Waals surface area contributed by atoms with Crippen molar-refractivity contribution in [3.8, 4) is 11.3 Å². The number of fused-ring (bicyclic) bond motifs is 1. The number of ether oxygens (including phenoxy) is 1. The highest BCUT2D eigenvalue weighted by Gasteiger charge is 2.26. The minimum absolute atomic E-state index is 0.295. The van der Waals surface area contributed by atoms with Gasteiger partial charge < -0.3 is 15.0 Å². The summed E-state index contributed by atoms with van der Waals surface area (Å²) in [7, 11) is -3.24. The first kappa shape index (κ1) is 24.8. The van der Waals surface area contributed by atoms with Gasteiger partial charge in [0.2, 0.25) is 5.95 Å². The number of piperidine rings is 1. The maximum absolute atomic E-state index is 11.8. The number of morpholine rings is 1. The highest BCUT2D eigenvalue weighted by Crippen LogP contribution is 2.27. The van der Waals surface area contributed by atoms with Gasteiger partial charge in [0.05, 0.1) is 35.5 Å². The van der Waals surface area contributed by atoms with E-state index in [1.54, 1.807) is 30.5 Å². The van der Waals surface area contributed by atoms with E-state index in [4.69, 9.17) is 9.84 Å². The molecule has 4 aromatic rings. The Hall–Kier alpha value is -3.47. The van der Waals surface area contributed by atoms with Gasteiger partial charge in [-0.2, -0.15) is 0 Å². The Balaban J connectivity index is 1.16. The standard InChI is InChI=1S/C28H32N6O3S/c1-38(35,36)26-11-4-21(5-12-26)27-13-10-24-19-29-28(31-34(24)27)30-22-6-8-23(9-7-22)33-14-2-3-25(20-33)32-15-17-37-18-16-32/h4-13,19,25H,2-3,14-18,20H2,1H3,(H,30,31). The maximum atomic E-state index is 11.8. The minimum atomic E-state index is -3.24. The molecule has 38 heavy (non-hydrogen) atoms. The molecule has 2 saturated heterocycles. The molecule has 0 amide bonds. The van der Waals surface area contributed by atoms with Crippen molar-refractivity contribution >= 4 is 32.7 Å². The van der Waals surface area contributed by atoms with Gasteiger partial charge in [-0.15, -0.1) is 5.10 Å². The molecule has 2 fully saturated rings. The lowest BCUT2D eigenvalue weighted by Gasteiger charge is -2.41. The summed E-state index contributed by atoms with van der Waals surface area (Å²) in [6, 6.07) is 19.8. The third-order valence-corrected chi connectivity index (χ3v) is 8.55. The number of aromatic nitrogens is 3. The molecule has 10 heteroatoms. The lowest BCUT2D eigenvalue weighted by atomic mass is 10.0. The van der Waals surface area contributed by atoms with Crippen LogP contribution in [0.25, 0.3) is 16.8 Å². The maximum Gasteiger partial charge on any atom is 0.245 e. The summed E-state index contributed by atoms with van der Waals surface area (Å²) in [5, 5.41) is 8.02. The van der Waals surface area contributed by atoms with Crippen LogP contribution in [0.2, 0.25) is 0 Å². The van der Waals surface area contributed by atoms with Gasteiger partial charge in [0.1, 0.15) is 0 Å². The van der Waals surface area contributed by atoms with Crippen molar-refractivity contribution in [2.24, 2.45) is 0 Å². The number of sulfone groups is 1. The van der Waals surface area contributed by atoms with Crippen LogP contribution in [-0.2, 0) is 14.6 Å². The van der Waals surface area contributed by atoms with Crippen molar-refractivity contribution in [2.75, 3.05) is 55.9 Å². The van der Waals surface area contributed by atoms with Crippen LogP contribution in [0.15, 0.2) is 71.8 Å². The first-order valence-corrected chi connectivity index (χ1v) is 14.9. The summed E-state index contributed by atoms with van der Waals surface area (Å²) in [6.07, 6.45) is 5.43. The molecule has 1 atom stereocenters. The molecule has 198 valence electrons. The summed E-state index contributed by atoms with van der Waals surface area (Å²) in [4.78, 5) is 9.84. The molecular weight excluding hydrogens is 500 g/mol. The van der Waals surface area contributed by atoms with E-state index in [9.17, 15) is 8.42 Å². The molecule has 0 spiro atoms. The Labute approximate surface area is 223 Å². The number of anilines is 3. The third-order valence-electron chi connectivity index (χ3n) is 7.42. The lowest BCUT2D eigenvalue weighted by molar-refractivity contribution is 0.0137. The Morgan fingerprint density at radius 3 is 2.45 bits per heavy atom. The Morgan fingerprint density at radius 1 is 0.947 bits per heavy atom. The summed E-state index contributed by atoms with van der Waals surface area (Å²) in [5.74, 6) is 0.487. The zero-order valence-corrected chi connectivity index (χ0v) is 22.3. The molecule has 1 N–H and O–H groups in total. The van der Waals surface area contributed by atoms with Crippen molar-refractivity contribution in [3.63, 3.8) is 0 Å². The van der Waals surface area contributed by atoms with Crippen LogP contribution in [0.3, 0.4) is 0 Å². The molecule has 6 rings (SSSR count). The van der Waals surface area contributed by atoms with E-state index in [1.807, 2.05) is 16.6 Å². The topological polar surface area (TPSA) is 92.1 Å². The molecule has 2 aromatic carbocycles. The van der Waals surface area contributed by atoms with E-state index < -0.39 is 9.84 Å². The van der Waals surface area contributed by atoms with Crippen molar-refractivity contribution in [2.45, 2.75) is 23.8 Å². The molecule has 2 aliphatic heterocycles. The van der Waals surface area contributed by atoms with Crippen LogP contribution in [0.4, 0.5) is 17.3 Å². The fraction of sp³-hybridized carbons (Fsp3) is 0.357. The highest BCUT2D eigenvalue weighted by atomic mass is 32.2. The first-order chi connectivity index (χ1) is 18.4. The van der Waals surface area contributed by atoms with Gasteiger partial charge in [0.15, 0.2) is 9.84 Å². The van der Waals surface area contributed by atoms with E-state index in [1.165, 1.54) is 24.8 Å². The molecule has 0 radical (unpaired) electrons. The normalized spacial score (nSPS) is 19.1. The summed E-state index contributed by atoms with van der Waals surface area (Å²) < 4.78 is 31.0. The summed E-state index contributed by atoms with van der Waals surface area (Å²) >= 11 is 0. The van der Waals surface area contributed by atoms with Gasteiger partial charge in [-0.1, -0.05) is 12.1 Å². The molecule has 2 aliphatic rings. The molecule has 0 bridgehead atoms. The van der Waals surface area contributed by atoms with Crippen LogP contribution in [0.1, 0.15) is 12.8 Å². The predicted molar refractivity (Wildman–Crippen MR) is 149 cm³/mol. The predicted octanol–water partition coefficient (Wildman–Crippen LogP) is 3.84. The minimum Gasteiger partial charge on any atom is -0.379 e. The van der Waals surface area contributed by atoms with Gasteiger partial charge >= 0.3 is 0 Å².